The molecule has 0 aliphatic carbocycles. The van der Waals surface area contributed by atoms with E-state index in [0.29, 0.717) is 0 Å². The first-order valence-electron chi connectivity index (χ1n) is 5.59. The molecule has 1 saturated heterocycles. The minimum absolute atomic E-state index is 0.156. The van der Waals surface area contributed by atoms with Gasteiger partial charge in [0.1, 0.15) is 5.82 Å². The Balaban J connectivity index is 2.37. The third-order valence-electron chi connectivity index (χ3n) is 3.32. The summed E-state index contributed by atoms with van der Waals surface area (Å²) in [4.78, 5) is 22.9. The number of aryl methyl sites for hydroxylation is 1. The normalized spacial score (nSPS) is 24.6. The Bertz CT molecular complexity index is 484. The van der Waals surface area contributed by atoms with Crippen molar-refractivity contribution >= 4 is 11.8 Å². The summed E-state index contributed by atoms with van der Waals surface area (Å²) in [6.45, 7) is 3.58. The van der Waals surface area contributed by atoms with E-state index in [-0.39, 0.29) is 35.9 Å². The minimum Gasteiger partial charge on any atom is -0.296 e. The summed E-state index contributed by atoms with van der Waals surface area (Å²) in [6, 6.07) is 4.46. The van der Waals surface area contributed by atoms with Crippen LogP contribution < -0.4 is 5.32 Å². The molecule has 2 rings (SSSR count). The fourth-order valence-electron chi connectivity index (χ4n) is 2.30. The van der Waals surface area contributed by atoms with Crippen molar-refractivity contribution < 1.29 is 14.0 Å². The predicted molar refractivity (Wildman–Crippen MR) is 60.8 cm³/mol. The molecule has 17 heavy (non-hydrogen) atoms. The lowest BCUT2D eigenvalue weighted by Gasteiger charge is -2.28. The van der Waals surface area contributed by atoms with Gasteiger partial charge in [-0.1, -0.05) is 13.0 Å². The predicted octanol–water partition coefficient (Wildman–Crippen LogP) is 1.90. The number of piperidine rings is 1. The van der Waals surface area contributed by atoms with Crippen LogP contribution in [0.15, 0.2) is 18.2 Å². The standard InChI is InChI=1S/C13H14FNO2/c1-7-5-9(14)3-4-10(7)11-6-12(16)15-13(17)8(11)2/h3-5,8,11H,6H2,1-2H3,(H,15,16,17). The summed E-state index contributed by atoms with van der Waals surface area (Å²) in [5, 5.41) is 2.31. The number of rotatable bonds is 1. The third-order valence-corrected chi connectivity index (χ3v) is 3.32. The van der Waals surface area contributed by atoms with E-state index in [9.17, 15) is 14.0 Å². The van der Waals surface area contributed by atoms with Gasteiger partial charge in [-0.05, 0) is 30.2 Å². The van der Waals surface area contributed by atoms with Crippen molar-refractivity contribution in [2.75, 3.05) is 0 Å². The summed E-state index contributed by atoms with van der Waals surface area (Å²) < 4.78 is 13.0. The molecule has 90 valence electrons. The minimum atomic E-state index is -0.300. The van der Waals surface area contributed by atoms with Crippen LogP contribution in [-0.4, -0.2) is 11.8 Å². The third kappa shape index (κ3) is 2.20. The largest absolute Gasteiger partial charge is 0.296 e. The number of nitrogens with one attached hydrogen (secondary N) is 1. The average molecular weight is 235 g/mol. The van der Waals surface area contributed by atoms with Gasteiger partial charge >= 0.3 is 0 Å². The monoisotopic (exact) mass is 235 g/mol. The number of carbonyl (C=O) groups is 2. The number of benzene rings is 1. The van der Waals surface area contributed by atoms with Gasteiger partial charge in [-0.3, -0.25) is 14.9 Å². The molecule has 1 N–H and O–H groups in total. The van der Waals surface area contributed by atoms with Crippen molar-refractivity contribution in [3.63, 3.8) is 0 Å². The van der Waals surface area contributed by atoms with E-state index in [2.05, 4.69) is 5.32 Å². The van der Waals surface area contributed by atoms with Crippen LogP contribution in [0.1, 0.15) is 30.4 Å². The zero-order valence-corrected chi connectivity index (χ0v) is 9.79. The number of hydrogen-bond acceptors (Lipinski definition) is 2. The molecule has 1 aromatic carbocycles. The fraction of sp³-hybridized carbons (Fsp3) is 0.385. The van der Waals surface area contributed by atoms with Crippen molar-refractivity contribution in [3.05, 3.63) is 35.1 Å². The second-order valence-corrected chi connectivity index (χ2v) is 4.51. The van der Waals surface area contributed by atoms with E-state index in [1.807, 2.05) is 0 Å². The van der Waals surface area contributed by atoms with Gasteiger partial charge < -0.3 is 0 Å². The van der Waals surface area contributed by atoms with Crippen LogP contribution in [0.2, 0.25) is 0 Å². The van der Waals surface area contributed by atoms with E-state index in [0.717, 1.165) is 11.1 Å². The van der Waals surface area contributed by atoms with Gasteiger partial charge in [0, 0.05) is 18.3 Å². The summed E-state index contributed by atoms with van der Waals surface area (Å²) >= 11 is 0. The topological polar surface area (TPSA) is 46.2 Å². The molecule has 4 heteroatoms. The van der Waals surface area contributed by atoms with Crippen LogP contribution in [0.3, 0.4) is 0 Å². The van der Waals surface area contributed by atoms with Crippen LogP contribution in [0.4, 0.5) is 4.39 Å². The molecule has 2 unspecified atom stereocenters. The highest BCUT2D eigenvalue weighted by molar-refractivity contribution is 5.99. The molecular formula is C13H14FNO2. The summed E-state index contributed by atoms with van der Waals surface area (Å²) in [5.74, 6) is -1.24. The zero-order chi connectivity index (χ0) is 12.6. The second kappa shape index (κ2) is 4.28. The van der Waals surface area contributed by atoms with E-state index in [1.54, 1.807) is 19.9 Å². The number of hydrogen-bond donors (Lipinski definition) is 1. The Kier molecular flexibility index (Phi) is 2.96. The van der Waals surface area contributed by atoms with Crippen molar-refractivity contribution in [2.24, 2.45) is 5.92 Å². The molecule has 0 bridgehead atoms. The van der Waals surface area contributed by atoms with Crippen LogP contribution in [0.5, 0.6) is 0 Å². The molecule has 1 fully saturated rings. The van der Waals surface area contributed by atoms with Gasteiger partial charge in [0.2, 0.25) is 11.8 Å². The molecule has 2 amide bonds. The fourth-order valence-corrected chi connectivity index (χ4v) is 2.30. The molecule has 1 aromatic rings. The first kappa shape index (κ1) is 11.8. The number of imide groups is 1. The Labute approximate surface area is 99.0 Å². The Morgan fingerprint density at radius 3 is 2.71 bits per heavy atom. The maximum absolute atomic E-state index is 13.0. The van der Waals surface area contributed by atoms with Gasteiger partial charge in [0.05, 0.1) is 0 Å². The van der Waals surface area contributed by atoms with Gasteiger partial charge in [-0.2, -0.15) is 0 Å². The molecule has 0 spiro atoms. The van der Waals surface area contributed by atoms with Crippen molar-refractivity contribution in [3.8, 4) is 0 Å². The van der Waals surface area contributed by atoms with Crippen molar-refractivity contribution in [1.82, 2.24) is 5.32 Å². The lowest BCUT2D eigenvalue weighted by Crippen LogP contribution is -2.43. The highest BCUT2D eigenvalue weighted by Crippen LogP contribution is 2.33. The number of carbonyl (C=O) groups excluding carboxylic acids is 2. The number of amides is 2. The summed E-state index contributed by atoms with van der Waals surface area (Å²) in [6.07, 6.45) is 0.277. The first-order valence-corrected chi connectivity index (χ1v) is 5.59. The molecule has 1 heterocycles. The van der Waals surface area contributed by atoms with Gasteiger partial charge in [-0.25, -0.2) is 4.39 Å². The smallest absolute Gasteiger partial charge is 0.230 e. The van der Waals surface area contributed by atoms with Crippen LogP contribution >= 0.6 is 0 Å². The summed E-state index contributed by atoms with van der Waals surface area (Å²) in [7, 11) is 0. The lowest BCUT2D eigenvalue weighted by molar-refractivity contribution is -0.136. The average Bonchev–Trinajstić information content (AvgIpc) is 2.24. The van der Waals surface area contributed by atoms with Crippen molar-refractivity contribution in [2.45, 2.75) is 26.2 Å². The van der Waals surface area contributed by atoms with Gasteiger partial charge in [0.25, 0.3) is 0 Å². The molecular weight excluding hydrogens is 221 g/mol. The second-order valence-electron chi connectivity index (χ2n) is 4.51. The first-order chi connectivity index (χ1) is 7.99. The van der Waals surface area contributed by atoms with E-state index in [1.165, 1.54) is 12.1 Å². The summed E-state index contributed by atoms with van der Waals surface area (Å²) in [5.41, 5.74) is 1.66. The Morgan fingerprint density at radius 1 is 1.35 bits per heavy atom. The van der Waals surface area contributed by atoms with Crippen LogP contribution in [-0.2, 0) is 9.59 Å². The van der Waals surface area contributed by atoms with E-state index >= 15 is 0 Å². The van der Waals surface area contributed by atoms with Gasteiger partial charge in [-0.15, -0.1) is 0 Å². The van der Waals surface area contributed by atoms with Gasteiger partial charge in [0.15, 0.2) is 0 Å². The SMILES string of the molecule is Cc1cc(F)ccc1C1CC(=O)NC(=O)C1C. The van der Waals surface area contributed by atoms with E-state index in [4.69, 9.17) is 0 Å². The Morgan fingerprint density at radius 2 is 2.06 bits per heavy atom. The highest BCUT2D eigenvalue weighted by Gasteiger charge is 2.34. The molecule has 3 nitrogen and oxygen atoms in total. The maximum Gasteiger partial charge on any atom is 0.230 e. The lowest BCUT2D eigenvalue weighted by atomic mass is 9.80. The molecule has 0 aromatic heterocycles. The van der Waals surface area contributed by atoms with Crippen LogP contribution in [0, 0.1) is 18.7 Å². The molecule has 0 saturated carbocycles. The Hall–Kier alpha value is -1.71. The molecule has 2 atom stereocenters. The van der Waals surface area contributed by atoms with Crippen molar-refractivity contribution in [1.29, 1.82) is 0 Å². The quantitative estimate of drug-likeness (QED) is 0.756. The maximum atomic E-state index is 13.0. The number of halogens is 1. The molecule has 1 aliphatic rings. The van der Waals surface area contributed by atoms with Crippen LogP contribution in [0.25, 0.3) is 0 Å². The van der Waals surface area contributed by atoms with E-state index < -0.39 is 0 Å². The molecule has 0 radical (unpaired) electrons. The zero-order valence-electron chi connectivity index (χ0n) is 9.79. The highest BCUT2D eigenvalue weighted by atomic mass is 19.1. The molecule has 1 aliphatic heterocycles.